The van der Waals surface area contributed by atoms with Crippen molar-refractivity contribution in [1.82, 2.24) is 9.88 Å². The van der Waals surface area contributed by atoms with E-state index in [2.05, 4.69) is 10.5 Å². The fraction of sp³-hybridized carbons (Fsp3) is 0.312. The third-order valence-corrected chi connectivity index (χ3v) is 5.34. The van der Waals surface area contributed by atoms with Crippen LogP contribution in [-0.4, -0.2) is 31.5 Å². The van der Waals surface area contributed by atoms with E-state index < -0.39 is 22.0 Å². The molecule has 0 saturated carbocycles. The fourth-order valence-corrected chi connectivity index (χ4v) is 3.65. The van der Waals surface area contributed by atoms with Gasteiger partial charge in [0, 0.05) is 18.6 Å². The minimum atomic E-state index is -4.17. The van der Waals surface area contributed by atoms with Gasteiger partial charge in [0.1, 0.15) is 11.5 Å². The van der Waals surface area contributed by atoms with Crippen molar-refractivity contribution in [1.29, 1.82) is 0 Å². The first-order valence-corrected chi connectivity index (χ1v) is 9.34. The minimum Gasteiger partial charge on any atom is -0.479 e. The molecule has 1 unspecified atom stereocenters. The molecule has 9 nitrogen and oxygen atoms in total. The van der Waals surface area contributed by atoms with E-state index in [4.69, 9.17) is 9.26 Å². The zero-order valence-electron chi connectivity index (χ0n) is 14.3. The maximum atomic E-state index is 12.6. The lowest BCUT2D eigenvalue weighted by atomic mass is 10.1. The summed E-state index contributed by atoms with van der Waals surface area (Å²) >= 11 is 0. The summed E-state index contributed by atoms with van der Waals surface area (Å²) in [4.78, 5) is 23.7. The van der Waals surface area contributed by atoms with Gasteiger partial charge in [0.05, 0.1) is 10.6 Å². The normalized spacial score (nSPS) is 16.4. The number of fused-ring (bicyclic) bond motifs is 1. The van der Waals surface area contributed by atoms with Crippen LogP contribution in [0.3, 0.4) is 0 Å². The van der Waals surface area contributed by atoms with Crippen molar-refractivity contribution in [3.8, 4) is 5.75 Å². The summed E-state index contributed by atoms with van der Waals surface area (Å²) in [7, 11) is -4.17. The quantitative estimate of drug-likeness (QED) is 0.821. The lowest BCUT2D eigenvalue weighted by Gasteiger charge is -2.24. The summed E-state index contributed by atoms with van der Waals surface area (Å²) in [6.45, 7) is 4.91. The van der Waals surface area contributed by atoms with Gasteiger partial charge in [-0.05, 0) is 25.5 Å². The third-order valence-electron chi connectivity index (χ3n) is 3.86. The number of rotatable bonds is 4. The molecule has 0 radical (unpaired) electrons. The number of carbonyl (C=O) groups is 2. The molecule has 0 bridgehead atoms. The van der Waals surface area contributed by atoms with Gasteiger partial charge in [0.2, 0.25) is 0 Å². The second-order valence-electron chi connectivity index (χ2n) is 5.83. The summed E-state index contributed by atoms with van der Waals surface area (Å²) in [5.41, 5.74) is 0.593. The highest BCUT2D eigenvalue weighted by Gasteiger charge is 2.28. The molecule has 0 saturated heterocycles. The number of hydrogen-bond acceptors (Lipinski definition) is 7. The first-order chi connectivity index (χ1) is 12.2. The molecule has 2 amide bonds. The number of carbonyl (C=O) groups excluding carboxylic acids is 2. The molecule has 3 rings (SSSR count). The number of nitrogens with zero attached hydrogens (tertiary/aromatic N) is 1. The Kier molecular flexibility index (Phi) is 4.45. The molecule has 1 atom stereocenters. The monoisotopic (exact) mass is 379 g/mol. The molecule has 1 aliphatic heterocycles. The van der Waals surface area contributed by atoms with E-state index in [1.807, 2.05) is 11.6 Å². The standard InChI is InChI=1S/C16H17N3O6S/c1-4-10-6-12(18-25-10)16(21)19-26(22,23)14-7-13-11(5-8(14)2)17-15(20)9(3)24-13/h5-7,9H,4H2,1-3H3,(H,17,20)(H,19,21). The maximum absolute atomic E-state index is 12.6. The van der Waals surface area contributed by atoms with Crippen LogP contribution in [-0.2, 0) is 21.2 Å². The van der Waals surface area contributed by atoms with E-state index in [1.54, 1.807) is 13.8 Å². The lowest BCUT2D eigenvalue weighted by Crippen LogP contribution is -2.35. The zero-order chi connectivity index (χ0) is 19.1. The highest BCUT2D eigenvalue weighted by Crippen LogP contribution is 2.34. The van der Waals surface area contributed by atoms with Crippen LogP contribution < -0.4 is 14.8 Å². The van der Waals surface area contributed by atoms with Crippen LogP contribution in [0.4, 0.5) is 5.69 Å². The highest BCUT2D eigenvalue weighted by atomic mass is 32.2. The van der Waals surface area contributed by atoms with Crippen molar-refractivity contribution in [3.05, 3.63) is 35.2 Å². The number of anilines is 1. The number of sulfonamides is 1. The first-order valence-electron chi connectivity index (χ1n) is 7.86. The molecular formula is C16H17N3O6S. The molecule has 2 heterocycles. The Morgan fingerprint density at radius 1 is 1.35 bits per heavy atom. The molecule has 10 heteroatoms. The van der Waals surface area contributed by atoms with Crippen LogP contribution in [0.1, 0.15) is 35.7 Å². The minimum absolute atomic E-state index is 0.127. The average molecular weight is 379 g/mol. The largest absolute Gasteiger partial charge is 0.479 e. The molecule has 26 heavy (non-hydrogen) atoms. The number of nitrogens with one attached hydrogen (secondary N) is 2. The Morgan fingerprint density at radius 2 is 2.08 bits per heavy atom. The number of ether oxygens (including phenoxy) is 1. The van der Waals surface area contributed by atoms with E-state index in [-0.39, 0.29) is 22.2 Å². The van der Waals surface area contributed by atoms with Crippen LogP contribution >= 0.6 is 0 Å². The highest BCUT2D eigenvalue weighted by molar-refractivity contribution is 7.90. The van der Waals surface area contributed by atoms with Gasteiger partial charge >= 0.3 is 0 Å². The second kappa shape index (κ2) is 6.45. The van der Waals surface area contributed by atoms with Crippen molar-refractivity contribution in [2.75, 3.05) is 5.32 Å². The number of amides is 2. The molecule has 1 aliphatic rings. The van der Waals surface area contributed by atoms with Crippen LogP contribution in [0, 0.1) is 6.92 Å². The summed E-state index contributed by atoms with van der Waals surface area (Å²) in [6.07, 6.45) is -0.226. The van der Waals surface area contributed by atoms with E-state index in [1.165, 1.54) is 18.2 Å². The van der Waals surface area contributed by atoms with E-state index >= 15 is 0 Å². The Morgan fingerprint density at radius 3 is 2.73 bits per heavy atom. The van der Waals surface area contributed by atoms with Crippen molar-refractivity contribution >= 4 is 27.5 Å². The van der Waals surface area contributed by atoms with Crippen molar-refractivity contribution < 1.29 is 27.3 Å². The van der Waals surface area contributed by atoms with Gasteiger partial charge in [0.25, 0.3) is 21.8 Å². The van der Waals surface area contributed by atoms with Gasteiger partial charge in [-0.1, -0.05) is 12.1 Å². The second-order valence-corrected chi connectivity index (χ2v) is 7.48. The number of hydrogen-bond donors (Lipinski definition) is 2. The van der Waals surface area contributed by atoms with E-state index in [0.29, 0.717) is 23.4 Å². The van der Waals surface area contributed by atoms with E-state index in [9.17, 15) is 18.0 Å². The van der Waals surface area contributed by atoms with Crippen LogP contribution in [0.25, 0.3) is 0 Å². The van der Waals surface area contributed by atoms with Crippen LogP contribution in [0.15, 0.2) is 27.6 Å². The van der Waals surface area contributed by atoms with Crippen molar-refractivity contribution in [3.63, 3.8) is 0 Å². The molecule has 0 spiro atoms. The Balaban J connectivity index is 1.91. The summed E-state index contributed by atoms with van der Waals surface area (Å²) in [5.74, 6) is -0.535. The molecular weight excluding hydrogens is 362 g/mol. The number of aromatic nitrogens is 1. The zero-order valence-corrected chi connectivity index (χ0v) is 15.1. The molecule has 0 fully saturated rings. The summed E-state index contributed by atoms with van der Waals surface area (Å²) in [5, 5.41) is 6.19. The first kappa shape index (κ1) is 17.9. The molecule has 1 aromatic heterocycles. The maximum Gasteiger partial charge on any atom is 0.287 e. The smallest absolute Gasteiger partial charge is 0.287 e. The molecule has 138 valence electrons. The number of aryl methyl sites for hydroxylation is 2. The predicted octanol–water partition coefficient (Wildman–Crippen LogP) is 1.38. The third kappa shape index (κ3) is 3.27. The fourth-order valence-electron chi connectivity index (χ4n) is 2.45. The lowest BCUT2D eigenvalue weighted by molar-refractivity contribution is -0.122. The summed E-state index contributed by atoms with van der Waals surface area (Å²) in [6, 6.07) is 4.13. The number of benzene rings is 1. The van der Waals surface area contributed by atoms with Gasteiger partial charge < -0.3 is 14.6 Å². The molecule has 2 N–H and O–H groups in total. The van der Waals surface area contributed by atoms with Gasteiger partial charge in [0.15, 0.2) is 11.8 Å². The molecule has 2 aromatic rings. The average Bonchev–Trinajstić information content (AvgIpc) is 3.04. The topological polar surface area (TPSA) is 128 Å². The van der Waals surface area contributed by atoms with Crippen LogP contribution in [0.5, 0.6) is 5.75 Å². The molecule has 1 aromatic carbocycles. The van der Waals surface area contributed by atoms with Crippen LogP contribution in [0.2, 0.25) is 0 Å². The Bertz CT molecular complexity index is 995. The van der Waals surface area contributed by atoms with Crippen molar-refractivity contribution in [2.24, 2.45) is 0 Å². The van der Waals surface area contributed by atoms with Gasteiger partial charge in [-0.25, -0.2) is 13.1 Å². The predicted molar refractivity (Wildman–Crippen MR) is 90.4 cm³/mol. The SMILES string of the molecule is CCc1cc(C(=O)NS(=O)(=O)c2cc3c(cc2C)NC(=O)C(C)O3)no1. The van der Waals surface area contributed by atoms with Gasteiger partial charge in [-0.15, -0.1) is 0 Å². The summed E-state index contributed by atoms with van der Waals surface area (Å²) < 4.78 is 37.5. The Labute approximate surface area is 149 Å². The van der Waals surface area contributed by atoms with E-state index in [0.717, 1.165) is 0 Å². The van der Waals surface area contributed by atoms with Gasteiger partial charge in [-0.2, -0.15) is 0 Å². The van der Waals surface area contributed by atoms with Gasteiger partial charge in [-0.3, -0.25) is 9.59 Å². The molecule has 0 aliphatic carbocycles. The van der Waals surface area contributed by atoms with Crippen molar-refractivity contribution in [2.45, 2.75) is 38.2 Å². The Hall–Kier alpha value is -2.88.